The van der Waals surface area contributed by atoms with E-state index in [0.29, 0.717) is 24.9 Å². The summed E-state index contributed by atoms with van der Waals surface area (Å²) in [6.07, 6.45) is 0.530. The van der Waals surface area contributed by atoms with Crippen molar-refractivity contribution in [2.24, 2.45) is 0 Å². The number of amides is 1. The second-order valence-corrected chi connectivity index (χ2v) is 8.32. The lowest BCUT2D eigenvalue weighted by Crippen LogP contribution is -2.54. The van der Waals surface area contributed by atoms with Crippen LogP contribution in [-0.2, 0) is 11.3 Å². The van der Waals surface area contributed by atoms with E-state index in [1.165, 1.54) is 0 Å². The van der Waals surface area contributed by atoms with E-state index in [9.17, 15) is 9.59 Å². The molecule has 3 aromatic rings. The summed E-state index contributed by atoms with van der Waals surface area (Å²) in [5, 5.41) is 0.640. The zero-order chi connectivity index (χ0) is 22.0. The summed E-state index contributed by atoms with van der Waals surface area (Å²) in [5.41, 5.74) is 1.79. The summed E-state index contributed by atoms with van der Waals surface area (Å²) in [6, 6.07) is 17.7. The number of aromatic nitrogens is 2. The van der Waals surface area contributed by atoms with Crippen LogP contribution in [0.15, 0.2) is 59.4 Å². The molecule has 0 spiro atoms. The fourth-order valence-electron chi connectivity index (χ4n) is 4.50. The minimum atomic E-state index is -0.0395. The van der Waals surface area contributed by atoms with Gasteiger partial charge in [0.25, 0.3) is 5.56 Å². The van der Waals surface area contributed by atoms with Gasteiger partial charge >= 0.3 is 0 Å². The minimum absolute atomic E-state index is 0.0100. The molecule has 0 aliphatic carbocycles. The van der Waals surface area contributed by atoms with Gasteiger partial charge in [-0.15, -0.1) is 0 Å². The average molecular weight is 419 g/mol. The van der Waals surface area contributed by atoms with Crippen molar-refractivity contribution in [3.05, 3.63) is 76.3 Å². The molecule has 31 heavy (non-hydrogen) atoms. The van der Waals surface area contributed by atoms with E-state index in [0.717, 1.165) is 30.0 Å². The number of carbonyl (C=O) groups excluding carboxylic acids is 1. The van der Waals surface area contributed by atoms with E-state index in [2.05, 4.69) is 18.7 Å². The van der Waals surface area contributed by atoms with Crippen LogP contribution in [-0.4, -0.2) is 50.9 Å². The van der Waals surface area contributed by atoms with E-state index in [1.807, 2.05) is 71.0 Å². The van der Waals surface area contributed by atoms with Gasteiger partial charge in [-0.25, -0.2) is 4.98 Å². The molecule has 1 amide bonds. The van der Waals surface area contributed by atoms with Crippen LogP contribution < -0.4 is 5.56 Å². The van der Waals surface area contributed by atoms with Crippen molar-refractivity contribution in [3.63, 3.8) is 0 Å². The van der Waals surface area contributed by atoms with Crippen molar-refractivity contribution in [1.29, 1.82) is 0 Å². The van der Waals surface area contributed by atoms with Gasteiger partial charge in [0.15, 0.2) is 0 Å². The van der Waals surface area contributed by atoms with Crippen LogP contribution in [0.3, 0.4) is 0 Å². The summed E-state index contributed by atoms with van der Waals surface area (Å²) in [7, 11) is 0. The molecule has 6 heteroatoms. The van der Waals surface area contributed by atoms with Gasteiger partial charge in [-0.1, -0.05) is 49.4 Å². The van der Waals surface area contributed by atoms with E-state index in [4.69, 9.17) is 4.98 Å². The van der Waals surface area contributed by atoms with Crippen LogP contribution in [0.1, 0.15) is 44.6 Å². The third-order valence-electron chi connectivity index (χ3n) is 6.28. The molecule has 1 aromatic heterocycles. The second-order valence-electron chi connectivity index (χ2n) is 8.32. The number of nitrogens with zero attached hydrogens (tertiary/aromatic N) is 4. The lowest BCUT2D eigenvalue weighted by molar-refractivity contribution is -0.135. The number of fused-ring (bicyclic) bond motifs is 1. The number of benzene rings is 2. The molecule has 2 heterocycles. The summed E-state index contributed by atoms with van der Waals surface area (Å²) in [6.45, 7) is 8.84. The first-order valence-corrected chi connectivity index (χ1v) is 11.1. The Morgan fingerprint density at radius 2 is 1.81 bits per heavy atom. The van der Waals surface area contributed by atoms with Crippen LogP contribution in [0.2, 0.25) is 0 Å². The van der Waals surface area contributed by atoms with Gasteiger partial charge in [-0.05, 0) is 31.5 Å². The molecular formula is C25H30N4O2. The maximum absolute atomic E-state index is 13.4. The number of hydrogen-bond donors (Lipinski definition) is 0. The van der Waals surface area contributed by atoms with Crippen LogP contribution in [0.4, 0.5) is 0 Å². The maximum atomic E-state index is 13.4. The number of rotatable bonds is 5. The highest BCUT2D eigenvalue weighted by molar-refractivity contribution is 5.77. The number of hydrogen-bond acceptors (Lipinski definition) is 4. The third kappa shape index (κ3) is 4.26. The molecule has 0 N–H and O–H groups in total. The molecule has 1 saturated heterocycles. The number of para-hydroxylation sites is 1. The average Bonchev–Trinajstić information content (AvgIpc) is 2.80. The number of piperazine rings is 1. The first kappa shape index (κ1) is 21.2. The molecular weight excluding hydrogens is 388 g/mol. The van der Waals surface area contributed by atoms with Crippen molar-refractivity contribution in [2.75, 3.05) is 19.6 Å². The van der Waals surface area contributed by atoms with Gasteiger partial charge in [-0.2, -0.15) is 0 Å². The predicted molar refractivity (Wildman–Crippen MR) is 123 cm³/mol. The molecule has 1 aliphatic rings. The van der Waals surface area contributed by atoms with Crippen LogP contribution in [0, 0.1) is 0 Å². The third-order valence-corrected chi connectivity index (χ3v) is 6.28. The smallest absolute Gasteiger partial charge is 0.261 e. The van der Waals surface area contributed by atoms with E-state index in [-0.39, 0.29) is 23.6 Å². The Morgan fingerprint density at radius 3 is 2.52 bits per heavy atom. The Kier molecular flexibility index (Phi) is 6.18. The zero-order valence-electron chi connectivity index (χ0n) is 18.5. The molecule has 2 aromatic carbocycles. The second kappa shape index (κ2) is 9.02. The molecule has 0 radical (unpaired) electrons. The lowest BCUT2D eigenvalue weighted by atomic mass is 10.1. The number of carbonyl (C=O) groups is 1. The predicted octanol–water partition coefficient (Wildman–Crippen LogP) is 3.45. The van der Waals surface area contributed by atoms with E-state index >= 15 is 0 Å². The highest BCUT2D eigenvalue weighted by atomic mass is 16.2. The Balaban J connectivity index is 1.71. The van der Waals surface area contributed by atoms with Crippen molar-refractivity contribution < 1.29 is 4.79 Å². The summed E-state index contributed by atoms with van der Waals surface area (Å²) < 4.78 is 1.82. The van der Waals surface area contributed by atoms with Crippen LogP contribution in [0.5, 0.6) is 0 Å². The molecule has 0 bridgehead atoms. The zero-order valence-corrected chi connectivity index (χ0v) is 18.5. The Labute approximate surface area is 183 Å². The summed E-state index contributed by atoms with van der Waals surface area (Å²) in [5.74, 6) is 0.972. The van der Waals surface area contributed by atoms with Gasteiger partial charge in [0.2, 0.25) is 5.91 Å². The van der Waals surface area contributed by atoms with Crippen molar-refractivity contribution >= 4 is 16.8 Å². The van der Waals surface area contributed by atoms with Crippen LogP contribution in [0.25, 0.3) is 10.9 Å². The topological polar surface area (TPSA) is 58.4 Å². The lowest BCUT2D eigenvalue weighted by Gasteiger charge is -2.42. The highest BCUT2D eigenvalue weighted by Gasteiger charge is 2.31. The van der Waals surface area contributed by atoms with Crippen molar-refractivity contribution in [3.8, 4) is 0 Å². The maximum Gasteiger partial charge on any atom is 0.261 e. The fraction of sp³-hybridized carbons (Fsp3) is 0.400. The van der Waals surface area contributed by atoms with Crippen molar-refractivity contribution in [2.45, 2.75) is 45.8 Å². The largest absolute Gasteiger partial charge is 0.337 e. The first-order chi connectivity index (χ1) is 15.0. The quantitative estimate of drug-likeness (QED) is 0.637. The van der Waals surface area contributed by atoms with Gasteiger partial charge in [-0.3, -0.25) is 19.1 Å². The molecule has 162 valence electrons. The van der Waals surface area contributed by atoms with Crippen LogP contribution >= 0.6 is 0 Å². The Morgan fingerprint density at radius 1 is 1.10 bits per heavy atom. The van der Waals surface area contributed by atoms with E-state index in [1.54, 1.807) is 0 Å². The molecule has 1 aliphatic heterocycles. The molecule has 1 fully saturated rings. The van der Waals surface area contributed by atoms with E-state index < -0.39 is 0 Å². The SMILES string of the molecule is CCC(=O)N1CCN(C(C)c2nc3ccccc3c(=O)n2Cc2ccccc2)CC1C. The Hall–Kier alpha value is -2.99. The summed E-state index contributed by atoms with van der Waals surface area (Å²) in [4.78, 5) is 34.9. The monoisotopic (exact) mass is 418 g/mol. The highest BCUT2D eigenvalue weighted by Crippen LogP contribution is 2.24. The fourth-order valence-corrected chi connectivity index (χ4v) is 4.50. The van der Waals surface area contributed by atoms with Gasteiger partial charge in [0.05, 0.1) is 23.5 Å². The minimum Gasteiger partial charge on any atom is -0.337 e. The van der Waals surface area contributed by atoms with Gasteiger partial charge in [0, 0.05) is 32.1 Å². The molecule has 2 unspecified atom stereocenters. The standard InChI is InChI=1S/C25H30N4O2/c1-4-23(30)28-15-14-27(16-18(28)2)19(3)24-26-22-13-9-8-12-21(22)25(31)29(24)17-20-10-6-5-7-11-20/h5-13,18-19H,4,14-17H2,1-3H3. The molecule has 0 saturated carbocycles. The molecule has 4 rings (SSSR count). The Bertz CT molecular complexity index is 1130. The first-order valence-electron chi connectivity index (χ1n) is 11.1. The van der Waals surface area contributed by atoms with Gasteiger partial charge in [0.1, 0.15) is 5.82 Å². The summed E-state index contributed by atoms with van der Waals surface area (Å²) >= 11 is 0. The van der Waals surface area contributed by atoms with Gasteiger partial charge < -0.3 is 4.90 Å². The molecule has 6 nitrogen and oxygen atoms in total. The normalized spacial score (nSPS) is 18.3. The molecule has 2 atom stereocenters. The van der Waals surface area contributed by atoms with Crippen molar-refractivity contribution in [1.82, 2.24) is 19.4 Å².